The molecule has 0 bridgehead atoms. The van der Waals surface area contributed by atoms with Gasteiger partial charge < -0.3 is 15.4 Å². The van der Waals surface area contributed by atoms with Crippen LogP contribution < -0.4 is 10.5 Å². The van der Waals surface area contributed by atoms with Crippen LogP contribution in [0.3, 0.4) is 0 Å². The van der Waals surface area contributed by atoms with E-state index in [2.05, 4.69) is 44.7 Å². The van der Waals surface area contributed by atoms with Crippen LogP contribution in [0.5, 0.6) is 5.75 Å². The molecule has 6 nitrogen and oxygen atoms in total. The summed E-state index contributed by atoms with van der Waals surface area (Å²) in [4.78, 5) is 41.4. The zero-order valence-corrected chi connectivity index (χ0v) is 24.4. The summed E-state index contributed by atoms with van der Waals surface area (Å²) in [7, 11) is 0. The number of amides is 1. The van der Waals surface area contributed by atoms with Crippen molar-refractivity contribution in [3.63, 3.8) is 0 Å². The minimum absolute atomic E-state index is 0.0790. The highest BCUT2D eigenvalue weighted by Crippen LogP contribution is 2.54. The van der Waals surface area contributed by atoms with Gasteiger partial charge in [-0.1, -0.05) is 75.7 Å². The molecule has 40 heavy (non-hydrogen) atoms. The minimum Gasteiger partial charge on any atom is -0.482 e. The lowest BCUT2D eigenvalue weighted by molar-refractivity contribution is -0.121. The Hall–Kier alpha value is -3.38. The Kier molecular flexibility index (Phi) is 7.43. The predicted molar refractivity (Wildman–Crippen MR) is 156 cm³/mol. The van der Waals surface area contributed by atoms with Gasteiger partial charge in [0.2, 0.25) is 0 Å². The molecule has 0 spiro atoms. The molecule has 3 aliphatic rings. The topological polar surface area (TPSA) is 89.7 Å². The first-order valence-electron chi connectivity index (χ1n) is 13.9. The highest BCUT2D eigenvalue weighted by atomic mass is 35.5. The van der Waals surface area contributed by atoms with E-state index in [9.17, 15) is 14.4 Å². The number of benzene rings is 2. The van der Waals surface area contributed by atoms with Crippen LogP contribution in [0.4, 0.5) is 0 Å². The minimum atomic E-state index is -0.599. The molecule has 0 radical (unpaired) electrons. The number of ether oxygens (including phenoxy) is 1. The van der Waals surface area contributed by atoms with Crippen LogP contribution in [-0.4, -0.2) is 35.5 Å². The lowest BCUT2D eigenvalue weighted by Gasteiger charge is -2.49. The Bertz CT molecular complexity index is 1380. The Labute approximate surface area is 241 Å². The van der Waals surface area contributed by atoms with Crippen molar-refractivity contribution in [1.29, 1.82) is 0 Å². The number of nitrogens with two attached hydrogens (primary N) is 1. The smallest absolute Gasteiger partial charge is 0.255 e. The van der Waals surface area contributed by atoms with E-state index in [1.165, 1.54) is 5.56 Å². The maximum absolute atomic E-state index is 14.0. The fourth-order valence-corrected chi connectivity index (χ4v) is 6.74. The van der Waals surface area contributed by atoms with Crippen molar-refractivity contribution in [2.45, 2.75) is 65.7 Å². The van der Waals surface area contributed by atoms with Crippen molar-refractivity contribution in [1.82, 2.24) is 4.90 Å². The van der Waals surface area contributed by atoms with Crippen LogP contribution in [-0.2, 0) is 20.8 Å². The highest BCUT2D eigenvalue weighted by Gasteiger charge is 2.48. The van der Waals surface area contributed by atoms with E-state index in [0.717, 1.165) is 36.2 Å². The van der Waals surface area contributed by atoms with Crippen LogP contribution in [0.2, 0.25) is 5.02 Å². The van der Waals surface area contributed by atoms with Crippen LogP contribution >= 0.6 is 11.6 Å². The molecule has 1 heterocycles. The van der Waals surface area contributed by atoms with Gasteiger partial charge in [-0.15, -0.1) is 0 Å². The third-order valence-corrected chi connectivity index (χ3v) is 8.44. The second kappa shape index (κ2) is 10.5. The average Bonchev–Trinajstić information content (AvgIpc) is 2.85. The monoisotopic (exact) mass is 560 g/mol. The Morgan fingerprint density at radius 1 is 0.925 bits per heavy atom. The molecule has 0 aromatic heterocycles. The number of nitrogens with zero attached hydrogens (tertiary/aromatic N) is 1. The molecule has 0 saturated carbocycles. The van der Waals surface area contributed by atoms with Crippen LogP contribution in [0.15, 0.2) is 71.1 Å². The third-order valence-electron chi connectivity index (χ3n) is 8.15. The summed E-state index contributed by atoms with van der Waals surface area (Å²) in [5, 5.41) is 0.307. The highest BCUT2D eigenvalue weighted by molar-refractivity contribution is 6.32. The largest absolute Gasteiger partial charge is 0.482 e. The molecule has 0 atom stereocenters. The Balaban J connectivity index is 1.66. The first kappa shape index (κ1) is 28.2. The molecule has 0 fully saturated rings. The number of Topliss-reactive ketones (excluding diaryl/α,β-unsaturated/α-hetero) is 2. The molecular weight excluding hydrogens is 524 g/mol. The fraction of sp³-hybridized carbons (Fsp3) is 0.424. The summed E-state index contributed by atoms with van der Waals surface area (Å²) in [6, 6.07) is 15.6. The zero-order valence-electron chi connectivity index (χ0n) is 23.7. The van der Waals surface area contributed by atoms with Gasteiger partial charge in [0.1, 0.15) is 5.75 Å². The van der Waals surface area contributed by atoms with E-state index in [4.69, 9.17) is 22.1 Å². The zero-order chi connectivity index (χ0) is 28.8. The summed E-state index contributed by atoms with van der Waals surface area (Å²) in [5.41, 5.74) is 10.3. The van der Waals surface area contributed by atoms with Gasteiger partial charge in [0.15, 0.2) is 18.2 Å². The lowest BCUT2D eigenvalue weighted by Crippen LogP contribution is -2.45. The van der Waals surface area contributed by atoms with Crippen LogP contribution in [0.1, 0.15) is 70.4 Å². The molecular formula is C33H37ClN2O4. The van der Waals surface area contributed by atoms with Crippen molar-refractivity contribution in [3.05, 3.63) is 87.2 Å². The number of hydrogen-bond acceptors (Lipinski definition) is 5. The Morgan fingerprint density at radius 3 is 2.02 bits per heavy atom. The van der Waals surface area contributed by atoms with Gasteiger partial charge >= 0.3 is 0 Å². The van der Waals surface area contributed by atoms with Crippen LogP contribution in [0.25, 0.3) is 0 Å². The predicted octanol–water partition coefficient (Wildman–Crippen LogP) is 6.13. The van der Waals surface area contributed by atoms with Crippen molar-refractivity contribution >= 4 is 29.1 Å². The van der Waals surface area contributed by atoms with E-state index in [1.807, 2.05) is 24.3 Å². The molecule has 1 aliphatic heterocycles. The number of ketones is 2. The van der Waals surface area contributed by atoms with Gasteiger partial charge in [0, 0.05) is 47.8 Å². The van der Waals surface area contributed by atoms with E-state index in [1.54, 1.807) is 12.1 Å². The molecule has 2 aliphatic carbocycles. The molecule has 2 aromatic rings. The summed E-state index contributed by atoms with van der Waals surface area (Å²) in [6.07, 6.45) is 3.14. The van der Waals surface area contributed by atoms with Crippen molar-refractivity contribution in [2.24, 2.45) is 16.6 Å². The van der Waals surface area contributed by atoms with Crippen molar-refractivity contribution in [3.8, 4) is 5.75 Å². The number of rotatable bonds is 7. The van der Waals surface area contributed by atoms with Crippen molar-refractivity contribution in [2.75, 3.05) is 13.2 Å². The van der Waals surface area contributed by atoms with Gasteiger partial charge in [0.25, 0.3) is 5.91 Å². The quantitative estimate of drug-likeness (QED) is 0.440. The van der Waals surface area contributed by atoms with Gasteiger partial charge in [-0.3, -0.25) is 14.4 Å². The number of carbonyl (C=O) groups excluding carboxylic acids is 3. The second-order valence-corrected chi connectivity index (χ2v) is 13.3. The third kappa shape index (κ3) is 5.60. The fourth-order valence-electron chi connectivity index (χ4n) is 6.50. The van der Waals surface area contributed by atoms with Crippen molar-refractivity contribution < 1.29 is 19.1 Å². The number of primary amides is 1. The summed E-state index contributed by atoms with van der Waals surface area (Å²) >= 11 is 6.60. The molecule has 1 amide bonds. The average molecular weight is 561 g/mol. The standard InChI is InChI=1S/C33H37ClN2O4/c1-32(2)15-23-30(25(37)17-32)29(21-10-11-27(22(34)14-21)40-19-28(35)39)31-24(16-33(3,4)18-26(31)38)36(23)13-12-20-8-6-5-7-9-20/h5-11,14,29H,12-13,15-19H2,1-4H3,(H2,35,39). The van der Waals surface area contributed by atoms with Gasteiger partial charge in [0.05, 0.1) is 5.02 Å². The van der Waals surface area contributed by atoms with Gasteiger partial charge in [-0.05, 0) is 53.4 Å². The molecule has 0 saturated heterocycles. The number of carbonyl (C=O) groups is 3. The molecule has 7 heteroatoms. The first-order valence-corrected chi connectivity index (χ1v) is 14.3. The number of halogens is 1. The van der Waals surface area contributed by atoms with E-state index < -0.39 is 11.8 Å². The Morgan fingerprint density at radius 2 is 1.50 bits per heavy atom. The van der Waals surface area contributed by atoms with Gasteiger partial charge in [-0.25, -0.2) is 0 Å². The summed E-state index contributed by atoms with van der Waals surface area (Å²) in [6.45, 7) is 8.97. The second-order valence-electron chi connectivity index (χ2n) is 12.9. The molecule has 2 aromatic carbocycles. The molecule has 0 unspecified atom stereocenters. The molecule has 5 rings (SSSR count). The van der Waals surface area contributed by atoms with E-state index >= 15 is 0 Å². The molecule has 2 N–H and O–H groups in total. The van der Waals surface area contributed by atoms with Gasteiger partial charge in [-0.2, -0.15) is 0 Å². The SMILES string of the molecule is CC1(C)CC(=O)C2=C(C1)N(CCc1ccccc1)C1=C(C(=O)CC(C)(C)C1)C2c1ccc(OCC(N)=O)c(Cl)c1. The first-order chi connectivity index (χ1) is 18.8. The number of hydrogen-bond donors (Lipinski definition) is 1. The van der Waals surface area contributed by atoms with E-state index in [-0.39, 0.29) is 29.0 Å². The lowest BCUT2D eigenvalue weighted by atomic mass is 9.63. The maximum atomic E-state index is 14.0. The summed E-state index contributed by atoms with van der Waals surface area (Å²) in [5.74, 6) is -0.600. The maximum Gasteiger partial charge on any atom is 0.255 e. The van der Waals surface area contributed by atoms with Crippen LogP contribution in [0, 0.1) is 10.8 Å². The van der Waals surface area contributed by atoms with E-state index in [0.29, 0.717) is 41.3 Å². The number of allylic oxidation sites excluding steroid dienone is 4. The summed E-state index contributed by atoms with van der Waals surface area (Å²) < 4.78 is 5.47. The normalized spacial score (nSPS) is 20.4. The molecule has 210 valence electrons.